The summed E-state index contributed by atoms with van der Waals surface area (Å²) in [5.41, 5.74) is 0.844. The van der Waals surface area contributed by atoms with Crippen LogP contribution in [0.2, 0.25) is 0 Å². The van der Waals surface area contributed by atoms with Crippen molar-refractivity contribution in [1.29, 1.82) is 0 Å². The van der Waals surface area contributed by atoms with Gasteiger partial charge in [0.25, 0.3) is 0 Å². The summed E-state index contributed by atoms with van der Waals surface area (Å²) < 4.78 is 5.43. The molecule has 5 nitrogen and oxygen atoms in total. The number of aryl methyl sites for hydroxylation is 1. The molecule has 1 aromatic rings. The number of ketones is 1. The topological polar surface area (TPSA) is 69.4 Å². The number of hydrogen-bond donors (Lipinski definition) is 0. The van der Waals surface area contributed by atoms with Gasteiger partial charge >= 0.3 is 5.69 Å². The van der Waals surface area contributed by atoms with Gasteiger partial charge < -0.3 is 4.74 Å². The third kappa shape index (κ3) is 2.03. The molecule has 0 unspecified atom stereocenters. The fourth-order valence-electron chi connectivity index (χ4n) is 1.58. The molecule has 5 heteroatoms. The minimum atomic E-state index is -0.477. The van der Waals surface area contributed by atoms with Crippen molar-refractivity contribution in [2.75, 3.05) is 0 Å². The van der Waals surface area contributed by atoms with Crippen molar-refractivity contribution in [3.8, 4) is 5.75 Å². The smallest absolute Gasteiger partial charge is 0.310 e. The first kappa shape index (κ1) is 10.6. The molecular weight excluding hydrogens is 210 g/mol. The van der Waals surface area contributed by atoms with Crippen LogP contribution in [0.15, 0.2) is 18.2 Å². The van der Waals surface area contributed by atoms with Gasteiger partial charge in [0.15, 0.2) is 5.75 Å². The number of hydrogen-bond acceptors (Lipinski definition) is 4. The highest BCUT2D eigenvalue weighted by Gasteiger charge is 2.30. The monoisotopic (exact) mass is 221 g/mol. The van der Waals surface area contributed by atoms with Gasteiger partial charge in [-0.15, -0.1) is 0 Å². The Balaban J connectivity index is 2.20. The first-order valence-corrected chi connectivity index (χ1v) is 4.99. The Morgan fingerprint density at radius 1 is 1.44 bits per heavy atom. The Labute approximate surface area is 92.2 Å². The van der Waals surface area contributed by atoms with Crippen LogP contribution >= 0.6 is 0 Å². The molecule has 1 aromatic carbocycles. The first-order valence-electron chi connectivity index (χ1n) is 4.99. The van der Waals surface area contributed by atoms with E-state index in [9.17, 15) is 14.9 Å². The van der Waals surface area contributed by atoms with Gasteiger partial charge in [0.1, 0.15) is 11.9 Å². The van der Waals surface area contributed by atoms with Crippen molar-refractivity contribution in [2.45, 2.75) is 25.9 Å². The Morgan fingerprint density at radius 2 is 2.12 bits per heavy atom. The third-order valence-electron chi connectivity index (χ3n) is 2.52. The zero-order chi connectivity index (χ0) is 11.7. The number of benzene rings is 1. The molecule has 0 radical (unpaired) electrons. The van der Waals surface area contributed by atoms with Crippen LogP contribution in [-0.2, 0) is 4.79 Å². The Morgan fingerprint density at radius 3 is 2.69 bits per heavy atom. The number of ether oxygens (including phenoxy) is 1. The maximum Gasteiger partial charge on any atom is 0.310 e. The van der Waals surface area contributed by atoms with Gasteiger partial charge in [0.05, 0.1) is 4.92 Å². The second-order valence-electron chi connectivity index (χ2n) is 3.92. The summed E-state index contributed by atoms with van der Waals surface area (Å²) in [6.45, 7) is 1.84. The molecule has 0 bridgehead atoms. The van der Waals surface area contributed by atoms with E-state index in [1.165, 1.54) is 6.07 Å². The molecular formula is C11H11NO4. The molecule has 0 spiro atoms. The molecule has 16 heavy (non-hydrogen) atoms. The lowest BCUT2D eigenvalue weighted by atomic mass is 9.94. The van der Waals surface area contributed by atoms with E-state index in [1.54, 1.807) is 12.1 Å². The van der Waals surface area contributed by atoms with Gasteiger partial charge in [0.2, 0.25) is 0 Å². The molecule has 0 heterocycles. The van der Waals surface area contributed by atoms with Crippen LogP contribution in [0.1, 0.15) is 18.4 Å². The van der Waals surface area contributed by atoms with Crippen molar-refractivity contribution in [3.05, 3.63) is 33.9 Å². The fourth-order valence-corrected chi connectivity index (χ4v) is 1.58. The number of carbonyl (C=O) groups is 1. The minimum Gasteiger partial charge on any atom is -0.483 e. The highest BCUT2D eigenvalue weighted by atomic mass is 16.6. The standard InChI is InChI=1S/C11H11NO4/c1-7-2-3-10(12(14)15)11(4-7)16-9-5-8(13)6-9/h2-4,9H,5-6H2,1H3. The summed E-state index contributed by atoms with van der Waals surface area (Å²) in [7, 11) is 0. The lowest BCUT2D eigenvalue weighted by Crippen LogP contribution is -2.33. The predicted octanol–water partition coefficient (Wildman–Crippen LogP) is 2.01. The van der Waals surface area contributed by atoms with Crippen LogP contribution in [0.25, 0.3) is 0 Å². The Bertz CT molecular complexity index is 447. The summed E-state index contributed by atoms with van der Waals surface area (Å²) in [5, 5.41) is 10.7. The minimum absolute atomic E-state index is 0.0510. The molecule has 0 atom stereocenters. The molecule has 0 saturated heterocycles. The van der Waals surface area contributed by atoms with Crippen LogP contribution < -0.4 is 4.74 Å². The van der Waals surface area contributed by atoms with Crippen molar-refractivity contribution < 1.29 is 14.5 Å². The zero-order valence-corrected chi connectivity index (χ0v) is 8.80. The average Bonchev–Trinajstić information content (AvgIpc) is 2.15. The average molecular weight is 221 g/mol. The molecule has 2 rings (SSSR count). The van der Waals surface area contributed by atoms with Gasteiger partial charge in [-0.25, -0.2) is 0 Å². The molecule has 84 valence electrons. The van der Waals surface area contributed by atoms with E-state index in [1.807, 2.05) is 6.92 Å². The summed E-state index contributed by atoms with van der Waals surface area (Å²) in [6, 6.07) is 4.71. The number of nitro groups is 1. The van der Waals surface area contributed by atoms with E-state index in [-0.39, 0.29) is 23.3 Å². The van der Waals surface area contributed by atoms with Gasteiger partial charge in [-0.3, -0.25) is 14.9 Å². The number of Topliss-reactive ketones (excluding diaryl/α,β-unsaturated/α-hetero) is 1. The second-order valence-corrected chi connectivity index (χ2v) is 3.92. The van der Waals surface area contributed by atoms with E-state index < -0.39 is 4.92 Å². The maximum absolute atomic E-state index is 10.8. The third-order valence-corrected chi connectivity index (χ3v) is 2.52. The van der Waals surface area contributed by atoms with Crippen LogP contribution in [-0.4, -0.2) is 16.8 Å². The van der Waals surface area contributed by atoms with E-state index in [4.69, 9.17) is 4.74 Å². The normalized spacial score (nSPS) is 15.7. The van der Waals surface area contributed by atoms with Crippen molar-refractivity contribution in [3.63, 3.8) is 0 Å². The SMILES string of the molecule is Cc1ccc([N+](=O)[O-])c(OC2CC(=O)C2)c1. The largest absolute Gasteiger partial charge is 0.483 e. The molecule has 0 amide bonds. The highest BCUT2D eigenvalue weighted by Crippen LogP contribution is 2.31. The number of carbonyl (C=O) groups excluding carboxylic acids is 1. The lowest BCUT2D eigenvalue weighted by molar-refractivity contribution is -0.386. The second kappa shape index (κ2) is 3.92. The predicted molar refractivity (Wildman–Crippen MR) is 56.5 cm³/mol. The Hall–Kier alpha value is -1.91. The molecule has 0 N–H and O–H groups in total. The highest BCUT2D eigenvalue weighted by molar-refractivity contribution is 5.85. The van der Waals surface area contributed by atoms with E-state index in [2.05, 4.69) is 0 Å². The van der Waals surface area contributed by atoms with Gasteiger partial charge in [-0.2, -0.15) is 0 Å². The van der Waals surface area contributed by atoms with Crippen molar-refractivity contribution >= 4 is 11.5 Å². The maximum atomic E-state index is 10.8. The molecule has 1 saturated carbocycles. The molecule has 0 aliphatic heterocycles. The molecule has 1 aliphatic carbocycles. The number of nitrogens with zero attached hydrogens (tertiary/aromatic N) is 1. The molecule has 1 fully saturated rings. The molecule has 1 aliphatic rings. The quantitative estimate of drug-likeness (QED) is 0.578. The summed E-state index contributed by atoms with van der Waals surface area (Å²) in [6.07, 6.45) is 0.504. The number of rotatable bonds is 3. The van der Waals surface area contributed by atoms with Crippen molar-refractivity contribution in [1.82, 2.24) is 0 Å². The van der Waals surface area contributed by atoms with Crippen LogP contribution in [0.3, 0.4) is 0 Å². The fraction of sp³-hybridized carbons (Fsp3) is 0.364. The lowest BCUT2D eigenvalue weighted by Gasteiger charge is -2.24. The summed E-state index contributed by atoms with van der Waals surface area (Å²) in [5.74, 6) is 0.391. The summed E-state index contributed by atoms with van der Waals surface area (Å²) in [4.78, 5) is 21.0. The van der Waals surface area contributed by atoms with E-state index in [0.717, 1.165) is 5.56 Å². The van der Waals surface area contributed by atoms with Crippen molar-refractivity contribution in [2.24, 2.45) is 0 Å². The van der Waals surface area contributed by atoms with Crippen LogP contribution in [0, 0.1) is 17.0 Å². The first-order chi connectivity index (χ1) is 7.56. The van der Waals surface area contributed by atoms with Gasteiger partial charge in [0, 0.05) is 18.9 Å². The van der Waals surface area contributed by atoms with Gasteiger partial charge in [-0.1, -0.05) is 6.07 Å². The van der Waals surface area contributed by atoms with E-state index >= 15 is 0 Å². The number of nitro benzene ring substituents is 1. The van der Waals surface area contributed by atoms with E-state index in [0.29, 0.717) is 12.8 Å². The summed E-state index contributed by atoms with van der Waals surface area (Å²) >= 11 is 0. The molecule has 0 aromatic heterocycles. The Kier molecular flexibility index (Phi) is 2.60. The zero-order valence-electron chi connectivity index (χ0n) is 8.80. The van der Waals surface area contributed by atoms with Gasteiger partial charge in [-0.05, 0) is 18.6 Å². The van der Waals surface area contributed by atoms with Crippen LogP contribution in [0.5, 0.6) is 5.75 Å². The van der Waals surface area contributed by atoms with Crippen LogP contribution in [0.4, 0.5) is 5.69 Å².